The molecule has 0 amide bonds. The molecule has 1 aliphatic heterocycles. The van der Waals surface area contributed by atoms with Crippen molar-refractivity contribution >= 4 is 11.3 Å². The molecular weight excluding hydrogens is 318 g/mol. The molecule has 1 N–H and O–H groups in total. The van der Waals surface area contributed by atoms with Crippen molar-refractivity contribution in [3.05, 3.63) is 28.1 Å². The third kappa shape index (κ3) is 4.08. The van der Waals surface area contributed by atoms with Gasteiger partial charge < -0.3 is 14.3 Å². The molecular formula is C15H21N3O4S. The van der Waals surface area contributed by atoms with Crippen LogP contribution < -0.4 is 5.76 Å². The van der Waals surface area contributed by atoms with Gasteiger partial charge in [-0.1, -0.05) is 6.07 Å². The van der Waals surface area contributed by atoms with E-state index in [0.29, 0.717) is 12.4 Å². The molecule has 0 aliphatic carbocycles. The maximum Gasteiger partial charge on any atom is 0.437 e. The van der Waals surface area contributed by atoms with Crippen molar-refractivity contribution in [2.24, 2.45) is 0 Å². The van der Waals surface area contributed by atoms with Crippen LogP contribution in [0, 0.1) is 0 Å². The number of aliphatic hydroxyl groups excluding tert-OH is 1. The lowest BCUT2D eigenvalue weighted by molar-refractivity contribution is -0.0775. The summed E-state index contributed by atoms with van der Waals surface area (Å²) in [5.41, 5.74) is 0. The fraction of sp³-hybridized carbons (Fsp3) is 0.600. The van der Waals surface area contributed by atoms with Crippen LogP contribution in [-0.2, 0) is 11.3 Å². The Labute approximate surface area is 138 Å². The molecule has 3 atom stereocenters. The smallest absolute Gasteiger partial charge is 0.390 e. The molecule has 0 radical (unpaired) electrons. The van der Waals surface area contributed by atoms with E-state index in [0.717, 1.165) is 18.0 Å². The minimum atomic E-state index is -0.688. The normalized spacial score (nSPS) is 24.0. The standard InChI is InChI=1S/C15H21N3O4S/c1-10-6-17(7-11(2)21-10)8-12(19)9-18-15(20)22-14(16-18)13-4-3-5-23-13/h3-5,10-12,19H,6-9H2,1-2H3/t10-,11-,12+/m1/s1. The number of aliphatic hydroxyl groups is 1. The fourth-order valence-corrected chi connectivity index (χ4v) is 3.55. The fourth-order valence-electron chi connectivity index (χ4n) is 2.91. The molecule has 23 heavy (non-hydrogen) atoms. The van der Waals surface area contributed by atoms with Gasteiger partial charge in [0.2, 0.25) is 0 Å². The average Bonchev–Trinajstić information content (AvgIpc) is 3.08. The Kier molecular flexibility index (Phi) is 4.96. The topological polar surface area (TPSA) is 80.7 Å². The second-order valence-electron chi connectivity index (χ2n) is 5.96. The number of hydrogen-bond donors (Lipinski definition) is 1. The molecule has 2 aromatic rings. The zero-order chi connectivity index (χ0) is 16.4. The number of morpholine rings is 1. The number of ether oxygens (including phenoxy) is 1. The second-order valence-corrected chi connectivity index (χ2v) is 6.91. The lowest BCUT2D eigenvalue weighted by atomic mass is 10.2. The first-order valence-electron chi connectivity index (χ1n) is 7.69. The Morgan fingerprint density at radius 2 is 2.13 bits per heavy atom. The van der Waals surface area contributed by atoms with Crippen LogP contribution in [0.3, 0.4) is 0 Å². The lowest BCUT2D eigenvalue weighted by Gasteiger charge is -2.36. The molecule has 0 unspecified atom stereocenters. The Bertz CT molecular complexity index is 671. The Morgan fingerprint density at radius 3 is 2.78 bits per heavy atom. The molecule has 0 bridgehead atoms. The Balaban J connectivity index is 1.62. The molecule has 1 fully saturated rings. The quantitative estimate of drug-likeness (QED) is 0.876. The van der Waals surface area contributed by atoms with Gasteiger partial charge in [0, 0.05) is 19.6 Å². The first-order valence-corrected chi connectivity index (χ1v) is 8.57. The third-order valence-corrected chi connectivity index (χ3v) is 4.54. The first-order chi connectivity index (χ1) is 11.0. The van der Waals surface area contributed by atoms with Gasteiger partial charge in [-0.25, -0.2) is 4.79 Å². The Hall–Kier alpha value is -1.48. The number of rotatable bonds is 5. The van der Waals surface area contributed by atoms with E-state index in [1.165, 1.54) is 16.0 Å². The van der Waals surface area contributed by atoms with Gasteiger partial charge in [-0.15, -0.1) is 16.4 Å². The highest BCUT2D eigenvalue weighted by Crippen LogP contribution is 2.21. The van der Waals surface area contributed by atoms with E-state index in [4.69, 9.17) is 9.15 Å². The van der Waals surface area contributed by atoms with E-state index in [1.807, 2.05) is 31.4 Å². The first kappa shape index (κ1) is 16.4. The highest BCUT2D eigenvalue weighted by atomic mass is 32.1. The van der Waals surface area contributed by atoms with E-state index in [9.17, 15) is 9.90 Å². The minimum Gasteiger partial charge on any atom is -0.390 e. The largest absolute Gasteiger partial charge is 0.437 e. The van der Waals surface area contributed by atoms with Crippen LogP contribution in [0.4, 0.5) is 0 Å². The molecule has 1 saturated heterocycles. The van der Waals surface area contributed by atoms with Crippen molar-refractivity contribution in [3.8, 4) is 10.8 Å². The predicted molar refractivity (Wildman–Crippen MR) is 86.5 cm³/mol. The highest BCUT2D eigenvalue weighted by Gasteiger charge is 2.24. The van der Waals surface area contributed by atoms with Crippen molar-refractivity contribution in [1.82, 2.24) is 14.7 Å². The molecule has 126 valence electrons. The molecule has 0 aromatic carbocycles. The van der Waals surface area contributed by atoms with Gasteiger partial charge in [-0.05, 0) is 25.3 Å². The Morgan fingerprint density at radius 1 is 1.39 bits per heavy atom. The van der Waals surface area contributed by atoms with Crippen molar-refractivity contribution in [3.63, 3.8) is 0 Å². The number of hydrogen-bond acceptors (Lipinski definition) is 7. The number of thiophene rings is 1. The van der Waals surface area contributed by atoms with Gasteiger partial charge in [0.1, 0.15) is 0 Å². The van der Waals surface area contributed by atoms with E-state index < -0.39 is 11.9 Å². The minimum absolute atomic E-state index is 0.119. The summed E-state index contributed by atoms with van der Waals surface area (Å²) in [6, 6.07) is 3.71. The third-order valence-electron chi connectivity index (χ3n) is 3.69. The van der Waals surface area contributed by atoms with Gasteiger partial charge in [-0.2, -0.15) is 4.68 Å². The number of nitrogens with zero attached hydrogens (tertiary/aromatic N) is 3. The summed E-state index contributed by atoms with van der Waals surface area (Å²) in [7, 11) is 0. The summed E-state index contributed by atoms with van der Waals surface area (Å²) in [6.07, 6.45) is -0.399. The molecule has 0 spiro atoms. The van der Waals surface area contributed by atoms with Gasteiger partial charge in [0.05, 0.1) is 29.7 Å². The molecule has 3 heterocycles. The van der Waals surface area contributed by atoms with E-state index in [2.05, 4.69) is 10.00 Å². The van der Waals surface area contributed by atoms with Crippen molar-refractivity contribution in [2.75, 3.05) is 19.6 Å². The van der Waals surface area contributed by atoms with E-state index >= 15 is 0 Å². The van der Waals surface area contributed by atoms with Crippen molar-refractivity contribution in [2.45, 2.75) is 38.7 Å². The lowest BCUT2D eigenvalue weighted by Crippen LogP contribution is -2.48. The van der Waals surface area contributed by atoms with Crippen molar-refractivity contribution < 1.29 is 14.3 Å². The van der Waals surface area contributed by atoms with Gasteiger partial charge >= 0.3 is 5.76 Å². The predicted octanol–water partition coefficient (Wildman–Crippen LogP) is 1.03. The molecule has 0 saturated carbocycles. The second kappa shape index (κ2) is 6.96. The van der Waals surface area contributed by atoms with Gasteiger partial charge in [0.25, 0.3) is 5.89 Å². The molecule has 8 heteroatoms. The number of aromatic nitrogens is 2. The van der Waals surface area contributed by atoms with Crippen LogP contribution in [-0.4, -0.2) is 57.7 Å². The summed E-state index contributed by atoms with van der Waals surface area (Å²) in [5, 5.41) is 16.3. The highest BCUT2D eigenvalue weighted by molar-refractivity contribution is 7.13. The molecule has 1 aliphatic rings. The van der Waals surface area contributed by atoms with Crippen LogP contribution in [0.5, 0.6) is 0 Å². The van der Waals surface area contributed by atoms with Crippen LogP contribution in [0.1, 0.15) is 13.8 Å². The zero-order valence-corrected chi connectivity index (χ0v) is 14.0. The van der Waals surface area contributed by atoms with Crippen molar-refractivity contribution in [1.29, 1.82) is 0 Å². The number of β-amino-alcohol motifs (C(OH)–C–C–N with tert-alkyl or cyclic N) is 1. The SMILES string of the molecule is C[C@@H]1CN(C[C@H](O)Cn2nc(-c3cccs3)oc2=O)C[C@@H](C)O1. The summed E-state index contributed by atoms with van der Waals surface area (Å²) in [4.78, 5) is 14.8. The summed E-state index contributed by atoms with van der Waals surface area (Å²) in [6.45, 7) is 6.18. The van der Waals surface area contributed by atoms with Crippen LogP contribution >= 0.6 is 11.3 Å². The van der Waals surface area contributed by atoms with Crippen LogP contribution in [0.2, 0.25) is 0 Å². The maximum atomic E-state index is 11.9. The van der Waals surface area contributed by atoms with Gasteiger partial charge in [0.15, 0.2) is 0 Å². The molecule has 3 rings (SSSR count). The monoisotopic (exact) mass is 339 g/mol. The van der Waals surface area contributed by atoms with E-state index in [-0.39, 0.29) is 18.8 Å². The summed E-state index contributed by atoms with van der Waals surface area (Å²) >= 11 is 1.45. The van der Waals surface area contributed by atoms with Gasteiger partial charge in [-0.3, -0.25) is 4.90 Å². The maximum absolute atomic E-state index is 11.9. The molecule has 7 nitrogen and oxygen atoms in total. The zero-order valence-electron chi connectivity index (χ0n) is 13.2. The summed E-state index contributed by atoms with van der Waals surface area (Å²) < 4.78 is 12.0. The van der Waals surface area contributed by atoms with Crippen LogP contribution in [0.25, 0.3) is 10.8 Å². The van der Waals surface area contributed by atoms with Crippen LogP contribution in [0.15, 0.2) is 26.7 Å². The van der Waals surface area contributed by atoms with E-state index in [1.54, 1.807) is 0 Å². The average molecular weight is 339 g/mol. The molecule has 2 aromatic heterocycles. The summed E-state index contributed by atoms with van der Waals surface area (Å²) in [5.74, 6) is -0.248.